The molecule has 1 aliphatic heterocycles. The average molecular weight is 260 g/mol. The minimum absolute atomic E-state index is 0.256. The highest BCUT2D eigenvalue weighted by atomic mass is 15.1. The predicted octanol–water partition coefficient (Wildman–Crippen LogP) is 3.29. The van der Waals surface area contributed by atoms with Crippen LogP contribution in [0.4, 0.5) is 0 Å². The summed E-state index contributed by atoms with van der Waals surface area (Å²) in [5.41, 5.74) is 11.1. The highest BCUT2D eigenvalue weighted by Crippen LogP contribution is 2.50. The van der Waals surface area contributed by atoms with Gasteiger partial charge in [-0.05, 0) is 62.9 Å². The quantitative estimate of drug-likeness (QED) is 0.775. The van der Waals surface area contributed by atoms with Gasteiger partial charge in [-0.25, -0.2) is 0 Å². The summed E-state index contributed by atoms with van der Waals surface area (Å²) >= 11 is 0. The van der Waals surface area contributed by atoms with Gasteiger partial charge in [0.05, 0.1) is 0 Å². The van der Waals surface area contributed by atoms with Crippen molar-refractivity contribution in [3.63, 3.8) is 0 Å². The van der Waals surface area contributed by atoms with Crippen LogP contribution in [0.15, 0.2) is 18.2 Å². The van der Waals surface area contributed by atoms with Gasteiger partial charge >= 0.3 is 0 Å². The van der Waals surface area contributed by atoms with Crippen LogP contribution in [0.3, 0.4) is 0 Å². The number of nitrogens with two attached hydrogens (primary N) is 1. The fourth-order valence-electron chi connectivity index (χ4n) is 3.54. The standard InChI is InChI=1S/C15H22N2.C2H6/c1-11-3-4-12-10-15(14(16)13(12)9-11)5-7-17(2)8-6-15;1-2/h3-4,9,14H,5-8,10,16H2,1-2H3;1-2H3/t14-;/m0./s1. The molecule has 1 fully saturated rings. The van der Waals surface area contributed by atoms with Gasteiger partial charge in [-0.15, -0.1) is 0 Å². The van der Waals surface area contributed by atoms with Crippen LogP contribution in [-0.2, 0) is 6.42 Å². The maximum absolute atomic E-state index is 6.55. The van der Waals surface area contributed by atoms with E-state index in [4.69, 9.17) is 5.73 Å². The molecule has 1 heterocycles. The van der Waals surface area contributed by atoms with Crippen LogP contribution in [-0.4, -0.2) is 25.0 Å². The molecule has 0 radical (unpaired) electrons. The zero-order chi connectivity index (χ0) is 14.0. The number of aryl methyl sites for hydroxylation is 1. The molecule has 1 spiro atoms. The van der Waals surface area contributed by atoms with E-state index in [0.717, 1.165) is 0 Å². The summed E-state index contributed by atoms with van der Waals surface area (Å²) in [4.78, 5) is 2.42. The molecule has 1 aromatic rings. The van der Waals surface area contributed by atoms with Gasteiger partial charge in [-0.3, -0.25) is 0 Å². The average Bonchev–Trinajstić information content (AvgIpc) is 2.70. The Kier molecular flexibility index (Phi) is 4.32. The maximum atomic E-state index is 6.55. The van der Waals surface area contributed by atoms with Crippen molar-refractivity contribution in [2.24, 2.45) is 11.1 Å². The molecule has 1 aromatic carbocycles. The van der Waals surface area contributed by atoms with E-state index >= 15 is 0 Å². The summed E-state index contributed by atoms with van der Waals surface area (Å²) in [6, 6.07) is 7.07. The summed E-state index contributed by atoms with van der Waals surface area (Å²) in [6.07, 6.45) is 3.69. The Morgan fingerprint density at radius 3 is 2.47 bits per heavy atom. The summed E-state index contributed by atoms with van der Waals surface area (Å²) in [5, 5.41) is 0. The lowest BCUT2D eigenvalue weighted by Gasteiger charge is -2.41. The Morgan fingerprint density at radius 2 is 1.84 bits per heavy atom. The Balaban J connectivity index is 0.000000637. The number of hydrogen-bond donors (Lipinski definition) is 1. The smallest absolute Gasteiger partial charge is 0.0359 e. The molecule has 1 saturated heterocycles. The molecule has 0 aromatic heterocycles. The number of nitrogens with zero attached hydrogens (tertiary/aromatic N) is 1. The molecule has 0 saturated carbocycles. The van der Waals surface area contributed by atoms with E-state index in [1.807, 2.05) is 13.8 Å². The molecule has 3 rings (SSSR count). The van der Waals surface area contributed by atoms with E-state index in [2.05, 4.69) is 37.1 Å². The highest BCUT2D eigenvalue weighted by molar-refractivity contribution is 5.40. The van der Waals surface area contributed by atoms with Gasteiger partial charge in [-0.2, -0.15) is 0 Å². The van der Waals surface area contributed by atoms with Gasteiger partial charge in [0.15, 0.2) is 0 Å². The molecule has 106 valence electrons. The first-order valence-corrected chi connectivity index (χ1v) is 7.64. The molecule has 0 unspecified atom stereocenters. The lowest BCUT2D eigenvalue weighted by molar-refractivity contribution is 0.106. The molecule has 19 heavy (non-hydrogen) atoms. The van der Waals surface area contributed by atoms with E-state index in [-0.39, 0.29) is 6.04 Å². The first-order valence-electron chi connectivity index (χ1n) is 7.64. The Bertz CT molecular complexity index is 431. The second-order valence-corrected chi connectivity index (χ2v) is 6.02. The second-order valence-electron chi connectivity index (χ2n) is 6.02. The molecule has 0 bridgehead atoms. The largest absolute Gasteiger partial charge is 0.323 e. The first-order chi connectivity index (χ1) is 9.11. The lowest BCUT2D eigenvalue weighted by Crippen LogP contribution is -2.42. The van der Waals surface area contributed by atoms with E-state index in [9.17, 15) is 0 Å². The van der Waals surface area contributed by atoms with E-state index in [1.165, 1.54) is 49.0 Å². The topological polar surface area (TPSA) is 29.3 Å². The fourth-order valence-corrected chi connectivity index (χ4v) is 3.54. The third kappa shape index (κ3) is 2.56. The van der Waals surface area contributed by atoms with Crippen LogP contribution in [0.5, 0.6) is 0 Å². The van der Waals surface area contributed by atoms with Gasteiger partial charge < -0.3 is 10.6 Å². The van der Waals surface area contributed by atoms with Gasteiger partial charge in [0, 0.05) is 6.04 Å². The van der Waals surface area contributed by atoms with Crippen molar-refractivity contribution in [2.75, 3.05) is 20.1 Å². The Hall–Kier alpha value is -0.860. The first kappa shape index (κ1) is 14.5. The third-order valence-corrected chi connectivity index (χ3v) is 4.82. The lowest BCUT2D eigenvalue weighted by atomic mass is 9.73. The Labute approximate surface area is 118 Å². The second kappa shape index (κ2) is 5.64. The van der Waals surface area contributed by atoms with Crippen molar-refractivity contribution < 1.29 is 0 Å². The van der Waals surface area contributed by atoms with Crippen molar-refractivity contribution in [3.05, 3.63) is 34.9 Å². The van der Waals surface area contributed by atoms with E-state index in [0.29, 0.717) is 5.41 Å². The number of rotatable bonds is 0. The van der Waals surface area contributed by atoms with Crippen molar-refractivity contribution in [1.29, 1.82) is 0 Å². The number of hydrogen-bond acceptors (Lipinski definition) is 2. The molecule has 2 nitrogen and oxygen atoms in total. The third-order valence-electron chi connectivity index (χ3n) is 4.82. The molecule has 2 heteroatoms. The number of fused-ring (bicyclic) bond motifs is 1. The number of likely N-dealkylation sites (tertiary alicyclic amines) is 1. The van der Waals surface area contributed by atoms with Crippen LogP contribution < -0.4 is 5.73 Å². The van der Waals surface area contributed by atoms with Gasteiger partial charge in [0.25, 0.3) is 0 Å². The molecular formula is C17H28N2. The van der Waals surface area contributed by atoms with Crippen molar-refractivity contribution in [1.82, 2.24) is 4.90 Å². The van der Waals surface area contributed by atoms with Gasteiger partial charge in [0.1, 0.15) is 0 Å². The molecule has 2 N–H and O–H groups in total. The summed E-state index contributed by atoms with van der Waals surface area (Å²) in [5.74, 6) is 0. The molecule has 1 aliphatic carbocycles. The zero-order valence-electron chi connectivity index (χ0n) is 12.9. The summed E-state index contributed by atoms with van der Waals surface area (Å²) in [6.45, 7) is 8.55. The van der Waals surface area contributed by atoms with Gasteiger partial charge in [0.2, 0.25) is 0 Å². The van der Waals surface area contributed by atoms with Crippen LogP contribution in [0.25, 0.3) is 0 Å². The molecule has 2 aliphatic rings. The highest BCUT2D eigenvalue weighted by Gasteiger charge is 2.45. The van der Waals surface area contributed by atoms with Crippen molar-refractivity contribution in [2.45, 2.75) is 46.1 Å². The van der Waals surface area contributed by atoms with Crippen LogP contribution in [0.1, 0.15) is 49.4 Å². The van der Waals surface area contributed by atoms with Gasteiger partial charge in [-0.1, -0.05) is 37.6 Å². The minimum Gasteiger partial charge on any atom is -0.323 e. The fraction of sp³-hybridized carbons (Fsp3) is 0.647. The summed E-state index contributed by atoms with van der Waals surface area (Å²) in [7, 11) is 2.21. The van der Waals surface area contributed by atoms with Crippen molar-refractivity contribution in [3.8, 4) is 0 Å². The Morgan fingerprint density at radius 1 is 1.21 bits per heavy atom. The molecule has 0 amide bonds. The molecule has 1 atom stereocenters. The summed E-state index contributed by atoms with van der Waals surface area (Å²) < 4.78 is 0. The SMILES string of the molecule is CC.Cc1ccc2c(c1)[C@H](N)C1(CCN(C)CC1)C2. The van der Waals surface area contributed by atoms with Crippen molar-refractivity contribution >= 4 is 0 Å². The number of benzene rings is 1. The normalized spacial score (nSPS) is 24.8. The number of piperidine rings is 1. The predicted molar refractivity (Wildman–Crippen MR) is 82.3 cm³/mol. The van der Waals surface area contributed by atoms with Crippen LogP contribution in [0, 0.1) is 12.3 Å². The maximum Gasteiger partial charge on any atom is 0.0359 e. The minimum atomic E-state index is 0.256. The van der Waals surface area contributed by atoms with Crippen LogP contribution in [0.2, 0.25) is 0 Å². The molecular weight excluding hydrogens is 232 g/mol. The monoisotopic (exact) mass is 260 g/mol. The van der Waals surface area contributed by atoms with E-state index < -0.39 is 0 Å². The van der Waals surface area contributed by atoms with E-state index in [1.54, 1.807) is 0 Å². The van der Waals surface area contributed by atoms with Crippen LogP contribution >= 0.6 is 0 Å². The zero-order valence-corrected chi connectivity index (χ0v) is 12.9.